The average molecular weight is 541 g/mol. The van der Waals surface area contributed by atoms with Gasteiger partial charge in [-0.05, 0) is 30.3 Å². The lowest BCUT2D eigenvalue weighted by Gasteiger charge is -2.16. The van der Waals surface area contributed by atoms with E-state index in [9.17, 15) is 31.5 Å². The number of ether oxygens (including phenoxy) is 1. The van der Waals surface area contributed by atoms with Crippen LogP contribution in [0.2, 0.25) is 15.1 Å². The number of alkyl halides is 3. The van der Waals surface area contributed by atoms with E-state index in [4.69, 9.17) is 39.5 Å². The van der Waals surface area contributed by atoms with Gasteiger partial charge in [-0.25, -0.2) is 18.6 Å². The minimum Gasteiger partial charge on any atom is -0.435 e. The normalized spacial score (nSPS) is 11.2. The molecule has 0 saturated heterocycles. The molecule has 3 rings (SSSR count). The van der Waals surface area contributed by atoms with Crippen molar-refractivity contribution in [3.05, 3.63) is 80.4 Å². The Hall–Kier alpha value is -3.15. The van der Waals surface area contributed by atoms with Gasteiger partial charge in [0.1, 0.15) is 22.8 Å². The van der Waals surface area contributed by atoms with Crippen molar-refractivity contribution >= 4 is 52.4 Å². The number of carbonyl (C=O) groups is 2. The van der Waals surface area contributed by atoms with Crippen molar-refractivity contribution in [2.75, 3.05) is 5.32 Å². The monoisotopic (exact) mass is 539 g/mol. The summed E-state index contributed by atoms with van der Waals surface area (Å²) in [5.74, 6) is -5.09. The third-order valence-electron chi connectivity index (χ3n) is 4.02. The summed E-state index contributed by atoms with van der Waals surface area (Å²) in [5, 5.41) is 2.50. The van der Waals surface area contributed by atoms with Crippen LogP contribution in [0.3, 0.4) is 0 Å². The summed E-state index contributed by atoms with van der Waals surface area (Å²) >= 11 is 17.7. The van der Waals surface area contributed by atoms with E-state index in [0.717, 1.165) is 42.6 Å². The highest BCUT2D eigenvalue weighted by Crippen LogP contribution is 2.44. The quantitative estimate of drug-likeness (QED) is 0.346. The first kappa shape index (κ1) is 25.5. The zero-order valence-electron chi connectivity index (χ0n) is 16.2. The van der Waals surface area contributed by atoms with Crippen LogP contribution in [0.25, 0.3) is 0 Å². The van der Waals surface area contributed by atoms with E-state index >= 15 is 0 Å². The molecule has 0 fully saturated rings. The number of carbonyl (C=O) groups excluding carboxylic acids is 2. The SMILES string of the molecule is O=C(NC(=O)c1c(F)cccc1F)Nc1cc(Cl)c(Oc2nccc(Cl)c2C(F)(F)F)c(Cl)c1. The maximum Gasteiger partial charge on any atom is 0.423 e. The fourth-order valence-corrected chi connectivity index (χ4v) is 3.43. The molecule has 0 bridgehead atoms. The van der Waals surface area contributed by atoms with E-state index in [2.05, 4.69) is 10.3 Å². The van der Waals surface area contributed by atoms with Crippen molar-refractivity contribution in [2.45, 2.75) is 6.18 Å². The van der Waals surface area contributed by atoms with Crippen LogP contribution in [0.15, 0.2) is 42.6 Å². The molecule has 2 N–H and O–H groups in total. The molecule has 2 aromatic carbocycles. The molecule has 3 amide bonds. The lowest BCUT2D eigenvalue weighted by molar-refractivity contribution is -0.138. The Morgan fingerprint density at radius 1 is 0.941 bits per heavy atom. The van der Waals surface area contributed by atoms with Gasteiger partial charge in [-0.3, -0.25) is 10.1 Å². The van der Waals surface area contributed by atoms with Crippen LogP contribution in [0.1, 0.15) is 15.9 Å². The molecule has 0 aliphatic carbocycles. The molecule has 0 unspecified atom stereocenters. The molecular formula is C20H9Cl3F5N3O3. The molecule has 34 heavy (non-hydrogen) atoms. The van der Waals surface area contributed by atoms with Gasteiger partial charge in [-0.2, -0.15) is 13.2 Å². The van der Waals surface area contributed by atoms with Crippen molar-refractivity contribution in [3.63, 3.8) is 0 Å². The van der Waals surface area contributed by atoms with Crippen molar-refractivity contribution in [1.82, 2.24) is 10.3 Å². The highest BCUT2D eigenvalue weighted by Gasteiger charge is 2.38. The van der Waals surface area contributed by atoms with Crippen molar-refractivity contribution in [3.8, 4) is 11.6 Å². The number of benzene rings is 2. The van der Waals surface area contributed by atoms with Gasteiger partial charge in [0.25, 0.3) is 5.91 Å². The van der Waals surface area contributed by atoms with Gasteiger partial charge in [0.15, 0.2) is 5.75 Å². The van der Waals surface area contributed by atoms with Gasteiger partial charge in [-0.1, -0.05) is 40.9 Å². The number of amides is 3. The molecule has 1 heterocycles. The Kier molecular flexibility index (Phi) is 7.49. The first-order chi connectivity index (χ1) is 15.9. The van der Waals surface area contributed by atoms with Crippen molar-refractivity contribution in [2.24, 2.45) is 0 Å². The second-order valence-electron chi connectivity index (χ2n) is 6.35. The van der Waals surface area contributed by atoms with E-state index < -0.39 is 57.5 Å². The van der Waals surface area contributed by atoms with Gasteiger partial charge < -0.3 is 10.1 Å². The summed E-state index contributed by atoms with van der Waals surface area (Å²) in [6.45, 7) is 0. The predicted molar refractivity (Wildman–Crippen MR) is 114 cm³/mol. The summed E-state index contributed by atoms with van der Waals surface area (Å²) in [6.07, 6.45) is -3.92. The van der Waals surface area contributed by atoms with Crippen LogP contribution in [-0.4, -0.2) is 16.9 Å². The average Bonchev–Trinajstić information content (AvgIpc) is 2.69. The van der Waals surface area contributed by atoms with E-state index in [1.807, 2.05) is 0 Å². The molecule has 0 aliphatic heterocycles. The highest BCUT2D eigenvalue weighted by atomic mass is 35.5. The fraction of sp³-hybridized carbons (Fsp3) is 0.0500. The Bertz CT molecular complexity index is 1240. The molecule has 0 aliphatic rings. The first-order valence-corrected chi connectivity index (χ1v) is 9.96. The number of halogens is 8. The summed E-state index contributed by atoms with van der Waals surface area (Å²) < 4.78 is 72.4. The standard InChI is InChI=1S/C20H9Cl3F5N3O3/c21-9-4-5-29-18(15(9)20(26,27)28)34-16-10(22)6-8(7-11(16)23)30-19(33)31-17(32)14-12(24)2-1-3-13(14)25/h1-7H,(H2,30,31,32,33). The van der Waals surface area contributed by atoms with E-state index in [0.29, 0.717) is 0 Å². The molecule has 14 heteroatoms. The largest absolute Gasteiger partial charge is 0.435 e. The minimum absolute atomic E-state index is 0.128. The second kappa shape index (κ2) is 10.00. The maximum absolute atomic E-state index is 13.7. The topological polar surface area (TPSA) is 80.3 Å². The molecule has 0 spiro atoms. The zero-order valence-corrected chi connectivity index (χ0v) is 18.5. The zero-order chi connectivity index (χ0) is 25.2. The fourth-order valence-electron chi connectivity index (χ4n) is 2.62. The Labute approximate surface area is 202 Å². The summed E-state index contributed by atoms with van der Waals surface area (Å²) in [7, 11) is 0. The Morgan fingerprint density at radius 3 is 2.09 bits per heavy atom. The van der Waals surface area contributed by atoms with Gasteiger partial charge in [0.05, 0.1) is 15.1 Å². The lowest BCUT2D eigenvalue weighted by Crippen LogP contribution is -2.35. The molecule has 0 radical (unpaired) electrons. The van der Waals surface area contributed by atoms with Crippen LogP contribution in [0, 0.1) is 11.6 Å². The highest BCUT2D eigenvalue weighted by molar-refractivity contribution is 6.37. The number of nitrogens with one attached hydrogen (secondary N) is 2. The van der Waals surface area contributed by atoms with Crippen LogP contribution in [0.5, 0.6) is 11.6 Å². The van der Waals surface area contributed by atoms with Gasteiger partial charge in [0, 0.05) is 11.9 Å². The number of pyridine rings is 1. The van der Waals surface area contributed by atoms with Crippen LogP contribution < -0.4 is 15.4 Å². The molecular weight excluding hydrogens is 532 g/mol. The minimum atomic E-state index is -4.90. The molecule has 6 nitrogen and oxygen atoms in total. The van der Waals surface area contributed by atoms with Gasteiger partial charge in [0.2, 0.25) is 5.88 Å². The first-order valence-electron chi connectivity index (χ1n) is 8.83. The summed E-state index contributed by atoms with van der Waals surface area (Å²) in [4.78, 5) is 27.5. The molecule has 0 atom stereocenters. The van der Waals surface area contributed by atoms with Crippen molar-refractivity contribution in [1.29, 1.82) is 0 Å². The smallest absolute Gasteiger partial charge is 0.423 e. The van der Waals surface area contributed by atoms with E-state index in [1.165, 1.54) is 0 Å². The molecule has 0 saturated carbocycles. The molecule has 178 valence electrons. The van der Waals surface area contributed by atoms with E-state index in [-0.39, 0.29) is 15.7 Å². The number of rotatable bonds is 4. The third kappa shape index (κ3) is 5.66. The van der Waals surface area contributed by atoms with Crippen LogP contribution in [0.4, 0.5) is 32.4 Å². The Morgan fingerprint density at radius 2 is 1.53 bits per heavy atom. The van der Waals surface area contributed by atoms with Gasteiger partial charge >= 0.3 is 12.2 Å². The number of hydrogen-bond acceptors (Lipinski definition) is 4. The third-order valence-corrected chi connectivity index (χ3v) is 4.90. The van der Waals surface area contributed by atoms with Crippen LogP contribution in [-0.2, 0) is 6.18 Å². The Balaban J connectivity index is 1.80. The van der Waals surface area contributed by atoms with Gasteiger partial charge in [-0.15, -0.1) is 0 Å². The maximum atomic E-state index is 13.7. The summed E-state index contributed by atoms with van der Waals surface area (Å²) in [5.41, 5.74) is -2.46. The summed E-state index contributed by atoms with van der Waals surface area (Å²) in [6, 6.07) is 4.47. The van der Waals surface area contributed by atoms with Crippen LogP contribution >= 0.6 is 34.8 Å². The second-order valence-corrected chi connectivity index (χ2v) is 7.57. The van der Waals surface area contributed by atoms with E-state index in [1.54, 1.807) is 5.32 Å². The number of imide groups is 1. The number of urea groups is 1. The molecule has 1 aromatic heterocycles. The van der Waals surface area contributed by atoms with Crippen molar-refractivity contribution < 1.29 is 36.3 Å². The predicted octanol–water partition coefficient (Wildman–Crippen LogP) is 7.09. The molecule has 3 aromatic rings. The number of anilines is 1. The number of nitrogens with zero attached hydrogens (tertiary/aromatic N) is 1. The number of hydrogen-bond donors (Lipinski definition) is 2. The lowest BCUT2D eigenvalue weighted by atomic mass is 10.2. The number of aromatic nitrogens is 1.